The van der Waals surface area contributed by atoms with E-state index in [2.05, 4.69) is 30.2 Å². The van der Waals surface area contributed by atoms with Crippen LogP contribution >= 0.6 is 11.3 Å². The molecule has 112 valence electrons. The highest BCUT2D eigenvalue weighted by Gasteiger charge is 2.29. The first kappa shape index (κ1) is 15.5. The maximum atomic E-state index is 11.1. The molecule has 1 unspecified atom stereocenters. The van der Waals surface area contributed by atoms with Crippen molar-refractivity contribution in [2.24, 2.45) is 5.92 Å². The summed E-state index contributed by atoms with van der Waals surface area (Å²) in [4.78, 5) is 15.1. The van der Waals surface area contributed by atoms with E-state index < -0.39 is 5.97 Å². The van der Waals surface area contributed by atoms with Gasteiger partial charge in [0.15, 0.2) is 0 Å². The van der Waals surface area contributed by atoms with Gasteiger partial charge in [-0.1, -0.05) is 19.8 Å². The Labute approximate surface area is 125 Å². The number of rotatable bonds is 6. The average molecular weight is 295 g/mol. The summed E-state index contributed by atoms with van der Waals surface area (Å²) in [5.41, 5.74) is 1.39. The van der Waals surface area contributed by atoms with Gasteiger partial charge in [-0.3, -0.25) is 9.69 Å². The Morgan fingerprint density at radius 2 is 2.20 bits per heavy atom. The molecule has 0 bridgehead atoms. The smallest absolute Gasteiger partial charge is 0.306 e. The third kappa shape index (κ3) is 3.61. The van der Waals surface area contributed by atoms with E-state index in [1.54, 1.807) is 0 Å². The molecule has 0 radical (unpaired) electrons. The fourth-order valence-electron chi connectivity index (χ4n) is 3.06. The molecule has 2 heterocycles. The Bertz CT molecular complexity index is 435. The van der Waals surface area contributed by atoms with Gasteiger partial charge in [-0.25, -0.2) is 0 Å². The lowest BCUT2D eigenvalue weighted by Crippen LogP contribution is -2.38. The summed E-state index contributed by atoms with van der Waals surface area (Å²) < 4.78 is 0. The SMILES string of the molecule is CCCCC(c1sccc1C)N1CCC(C(=O)O)CC1. The summed E-state index contributed by atoms with van der Waals surface area (Å²) in [5.74, 6) is -0.760. The molecule has 4 heteroatoms. The molecule has 1 aromatic heterocycles. The maximum Gasteiger partial charge on any atom is 0.306 e. The van der Waals surface area contributed by atoms with Gasteiger partial charge < -0.3 is 5.11 Å². The Morgan fingerprint density at radius 1 is 1.50 bits per heavy atom. The van der Waals surface area contributed by atoms with E-state index in [1.165, 1.54) is 29.7 Å². The molecule has 1 aliphatic rings. The number of aliphatic carboxylic acids is 1. The predicted octanol–water partition coefficient (Wildman–Crippen LogP) is 4.08. The fourth-order valence-corrected chi connectivity index (χ4v) is 4.16. The van der Waals surface area contributed by atoms with Crippen molar-refractivity contribution in [3.05, 3.63) is 21.9 Å². The number of carboxylic acids is 1. The summed E-state index contributed by atoms with van der Waals surface area (Å²) in [6, 6.07) is 2.69. The van der Waals surface area contributed by atoms with Crippen LogP contribution < -0.4 is 0 Å². The molecule has 0 spiro atoms. The van der Waals surface area contributed by atoms with Crippen molar-refractivity contribution in [3.63, 3.8) is 0 Å². The number of likely N-dealkylation sites (tertiary alicyclic amines) is 1. The first-order valence-electron chi connectivity index (χ1n) is 7.64. The monoisotopic (exact) mass is 295 g/mol. The van der Waals surface area contributed by atoms with Gasteiger partial charge in [-0.15, -0.1) is 11.3 Å². The number of hydrogen-bond donors (Lipinski definition) is 1. The summed E-state index contributed by atoms with van der Waals surface area (Å²) >= 11 is 1.85. The topological polar surface area (TPSA) is 40.5 Å². The lowest BCUT2D eigenvalue weighted by atomic mass is 9.94. The number of piperidine rings is 1. The minimum Gasteiger partial charge on any atom is -0.481 e. The van der Waals surface area contributed by atoms with Crippen LogP contribution in [0.2, 0.25) is 0 Å². The first-order chi connectivity index (χ1) is 9.63. The summed E-state index contributed by atoms with van der Waals surface area (Å²) in [6.45, 7) is 6.26. The highest BCUT2D eigenvalue weighted by Crippen LogP contribution is 2.35. The standard InChI is InChI=1S/C16H25NO2S/c1-3-4-5-14(15-12(2)8-11-20-15)17-9-6-13(7-10-17)16(18)19/h8,11,13-14H,3-7,9-10H2,1-2H3,(H,18,19). The number of unbranched alkanes of at least 4 members (excludes halogenated alkanes) is 1. The van der Waals surface area contributed by atoms with Crippen LogP contribution in [0.1, 0.15) is 55.5 Å². The number of thiophene rings is 1. The molecule has 0 aromatic carbocycles. The molecule has 0 saturated carbocycles. The van der Waals surface area contributed by atoms with Crippen molar-refractivity contribution in [1.82, 2.24) is 4.90 Å². The van der Waals surface area contributed by atoms with Crippen LogP contribution in [-0.4, -0.2) is 29.1 Å². The first-order valence-corrected chi connectivity index (χ1v) is 8.52. The lowest BCUT2D eigenvalue weighted by Gasteiger charge is -2.36. The van der Waals surface area contributed by atoms with E-state index in [4.69, 9.17) is 5.11 Å². The zero-order valence-electron chi connectivity index (χ0n) is 12.5. The molecular formula is C16H25NO2S. The van der Waals surface area contributed by atoms with Crippen LogP contribution in [0.5, 0.6) is 0 Å². The zero-order chi connectivity index (χ0) is 14.5. The lowest BCUT2D eigenvalue weighted by molar-refractivity contribution is -0.143. The molecule has 1 atom stereocenters. The van der Waals surface area contributed by atoms with Gasteiger partial charge in [-0.2, -0.15) is 0 Å². The van der Waals surface area contributed by atoms with E-state index in [-0.39, 0.29) is 5.92 Å². The molecule has 1 fully saturated rings. The Hall–Kier alpha value is -0.870. The maximum absolute atomic E-state index is 11.1. The van der Waals surface area contributed by atoms with E-state index in [1.807, 2.05) is 11.3 Å². The van der Waals surface area contributed by atoms with Crippen molar-refractivity contribution < 1.29 is 9.90 Å². The van der Waals surface area contributed by atoms with E-state index in [0.717, 1.165) is 25.9 Å². The normalized spacial score (nSPS) is 19.1. The van der Waals surface area contributed by atoms with Gasteiger partial charge in [0, 0.05) is 10.9 Å². The van der Waals surface area contributed by atoms with Gasteiger partial charge in [0.1, 0.15) is 0 Å². The summed E-state index contributed by atoms with van der Waals surface area (Å²) in [7, 11) is 0. The minimum absolute atomic E-state index is 0.137. The van der Waals surface area contributed by atoms with Crippen molar-refractivity contribution in [1.29, 1.82) is 0 Å². The quantitative estimate of drug-likeness (QED) is 0.859. The zero-order valence-corrected chi connectivity index (χ0v) is 13.3. The van der Waals surface area contributed by atoms with Crippen molar-refractivity contribution in [2.75, 3.05) is 13.1 Å². The van der Waals surface area contributed by atoms with Crippen LogP contribution in [0.25, 0.3) is 0 Å². The van der Waals surface area contributed by atoms with Gasteiger partial charge in [0.05, 0.1) is 5.92 Å². The van der Waals surface area contributed by atoms with E-state index >= 15 is 0 Å². The third-order valence-electron chi connectivity index (χ3n) is 4.36. The highest BCUT2D eigenvalue weighted by molar-refractivity contribution is 7.10. The molecule has 0 amide bonds. The number of nitrogens with zero attached hydrogens (tertiary/aromatic N) is 1. The van der Waals surface area contributed by atoms with Crippen LogP contribution in [0.3, 0.4) is 0 Å². The van der Waals surface area contributed by atoms with Crippen LogP contribution in [0.4, 0.5) is 0 Å². The van der Waals surface area contributed by atoms with Gasteiger partial charge in [0.25, 0.3) is 0 Å². The number of hydrogen-bond acceptors (Lipinski definition) is 3. The molecule has 1 N–H and O–H groups in total. The van der Waals surface area contributed by atoms with Gasteiger partial charge in [-0.05, 0) is 56.3 Å². The Morgan fingerprint density at radius 3 is 2.70 bits per heavy atom. The summed E-state index contributed by atoms with van der Waals surface area (Å²) in [6.07, 6.45) is 5.23. The molecule has 3 nitrogen and oxygen atoms in total. The second kappa shape index (κ2) is 7.23. The van der Waals surface area contributed by atoms with Crippen molar-refractivity contribution in [3.8, 4) is 0 Å². The Kier molecular flexibility index (Phi) is 5.61. The van der Waals surface area contributed by atoms with Crippen molar-refractivity contribution in [2.45, 2.75) is 52.0 Å². The largest absolute Gasteiger partial charge is 0.481 e. The summed E-state index contributed by atoms with van der Waals surface area (Å²) in [5, 5.41) is 11.3. The predicted molar refractivity (Wildman–Crippen MR) is 83.3 cm³/mol. The van der Waals surface area contributed by atoms with E-state index in [0.29, 0.717) is 6.04 Å². The van der Waals surface area contributed by atoms with Gasteiger partial charge in [0.2, 0.25) is 0 Å². The molecule has 1 saturated heterocycles. The third-order valence-corrected chi connectivity index (χ3v) is 5.48. The van der Waals surface area contributed by atoms with Crippen LogP contribution in [0, 0.1) is 12.8 Å². The van der Waals surface area contributed by atoms with Crippen molar-refractivity contribution >= 4 is 17.3 Å². The van der Waals surface area contributed by atoms with Crippen LogP contribution in [0.15, 0.2) is 11.4 Å². The minimum atomic E-state index is -0.623. The number of aryl methyl sites for hydroxylation is 1. The molecule has 20 heavy (non-hydrogen) atoms. The van der Waals surface area contributed by atoms with E-state index in [9.17, 15) is 4.79 Å². The number of carbonyl (C=O) groups is 1. The molecule has 1 aromatic rings. The second-order valence-corrected chi connectivity index (χ2v) is 6.72. The second-order valence-electron chi connectivity index (χ2n) is 5.77. The number of carboxylic acid groups (broad SMARTS) is 1. The molecule has 2 rings (SSSR count). The fraction of sp³-hybridized carbons (Fsp3) is 0.688. The Balaban J connectivity index is 2.05. The molecular weight excluding hydrogens is 270 g/mol. The van der Waals surface area contributed by atoms with Gasteiger partial charge >= 0.3 is 5.97 Å². The highest BCUT2D eigenvalue weighted by atomic mass is 32.1. The average Bonchev–Trinajstić information content (AvgIpc) is 2.86. The van der Waals surface area contributed by atoms with Crippen LogP contribution in [-0.2, 0) is 4.79 Å². The molecule has 1 aliphatic heterocycles. The molecule has 0 aliphatic carbocycles.